The fraction of sp³-hybridized carbons (Fsp3) is 0.579. The van der Waals surface area contributed by atoms with Gasteiger partial charge in [0.15, 0.2) is 0 Å². The van der Waals surface area contributed by atoms with Gasteiger partial charge in [-0.2, -0.15) is 5.10 Å². The van der Waals surface area contributed by atoms with Crippen LogP contribution in [0.15, 0.2) is 28.9 Å². The minimum Gasteiger partial charge on any atom is -0.467 e. The molecule has 1 saturated heterocycles. The number of rotatable bonds is 6. The van der Waals surface area contributed by atoms with Crippen LogP contribution >= 0.6 is 0 Å². The largest absolute Gasteiger partial charge is 0.467 e. The van der Waals surface area contributed by atoms with Gasteiger partial charge in [-0.1, -0.05) is 6.42 Å². The van der Waals surface area contributed by atoms with Crippen LogP contribution in [0.1, 0.15) is 49.4 Å². The molecule has 0 aromatic carbocycles. The Morgan fingerprint density at radius 1 is 1.44 bits per heavy atom. The molecule has 6 nitrogen and oxygen atoms in total. The summed E-state index contributed by atoms with van der Waals surface area (Å²) in [5, 5.41) is 7.61. The predicted molar refractivity (Wildman–Crippen MR) is 96.2 cm³/mol. The average Bonchev–Trinajstić information content (AvgIpc) is 3.19. The summed E-state index contributed by atoms with van der Waals surface area (Å²) in [6, 6.07) is 6.08. The minimum atomic E-state index is -0.109. The van der Waals surface area contributed by atoms with Crippen molar-refractivity contribution in [3.05, 3.63) is 41.6 Å². The van der Waals surface area contributed by atoms with Crippen molar-refractivity contribution < 1.29 is 9.21 Å². The number of carbonyl (C=O) groups excluding carboxylic acids is 1. The Morgan fingerprint density at radius 3 is 2.96 bits per heavy atom. The number of aromatic nitrogens is 2. The molecule has 2 unspecified atom stereocenters. The van der Waals surface area contributed by atoms with Gasteiger partial charge in [-0.3, -0.25) is 14.4 Å². The first-order chi connectivity index (χ1) is 12.0. The van der Waals surface area contributed by atoms with Crippen LogP contribution in [-0.2, 0) is 11.3 Å². The molecular weight excluding hydrogens is 316 g/mol. The second-order valence-electron chi connectivity index (χ2n) is 7.03. The smallest absolute Gasteiger partial charge is 0.234 e. The molecule has 0 saturated carbocycles. The lowest BCUT2D eigenvalue weighted by Gasteiger charge is -2.35. The van der Waals surface area contributed by atoms with Crippen molar-refractivity contribution in [1.82, 2.24) is 20.0 Å². The van der Waals surface area contributed by atoms with Gasteiger partial charge in [0.2, 0.25) is 5.91 Å². The molecule has 25 heavy (non-hydrogen) atoms. The maximum Gasteiger partial charge on any atom is 0.234 e. The molecule has 1 aliphatic heterocycles. The van der Waals surface area contributed by atoms with E-state index in [2.05, 4.69) is 33.0 Å². The van der Waals surface area contributed by atoms with E-state index in [1.165, 1.54) is 12.1 Å². The maximum absolute atomic E-state index is 12.5. The van der Waals surface area contributed by atoms with Crippen LogP contribution < -0.4 is 5.32 Å². The summed E-state index contributed by atoms with van der Waals surface area (Å²) in [6.45, 7) is 8.29. The Bertz CT molecular complexity index is 692. The molecule has 1 N–H and O–H groups in total. The number of hydrogen-bond donors (Lipinski definition) is 1. The number of amides is 1. The third-order valence-electron chi connectivity index (χ3n) is 4.93. The monoisotopic (exact) mass is 344 g/mol. The van der Waals surface area contributed by atoms with Crippen molar-refractivity contribution in [1.29, 1.82) is 0 Å². The van der Waals surface area contributed by atoms with E-state index in [4.69, 9.17) is 4.42 Å². The van der Waals surface area contributed by atoms with Crippen molar-refractivity contribution in [2.24, 2.45) is 0 Å². The minimum absolute atomic E-state index is 0.0455. The highest BCUT2D eigenvalue weighted by atomic mass is 16.3. The summed E-state index contributed by atoms with van der Waals surface area (Å²) in [4.78, 5) is 14.8. The predicted octanol–water partition coefficient (Wildman–Crippen LogP) is 2.82. The van der Waals surface area contributed by atoms with Crippen LogP contribution in [0.3, 0.4) is 0 Å². The van der Waals surface area contributed by atoms with Crippen LogP contribution in [0.25, 0.3) is 0 Å². The van der Waals surface area contributed by atoms with E-state index in [1.54, 1.807) is 6.26 Å². The van der Waals surface area contributed by atoms with Gasteiger partial charge in [-0.25, -0.2) is 0 Å². The van der Waals surface area contributed by atoms with E-state index in [9.17, 15) is 4.79 Å². The number of nitrogens with zero attached hydrogens (tertiary/aromatic N) is 3. The van der Waals surface area contributed by atoms with Gasteiger partial charge in [-0.05, 0) is 58.4 Å². The Labute approximate surface area is 149 Å². The summed E-state index contributed by atoms with van der Waals surface area (Å²) >= 11 is 0. The summed E-state index contributed by atoms with van der Waals surface area (Å²) in [6.07, 6.45) is 5.10. The highest BCUT2D eigenvalue weighted by molar-refractivity contribution is 5.78. The second-order valence-corrected chi connectivity index (χ2v) is 7.03. The Balaban J connectivity index is 1.59. The number of carbonyl (C=O) groups is 1. The highest BCUT2D eigenvalue weighted by Gasteiger charge is 2.26. The zero-order valence-corrected chi connectivity index (χ0v) is 15.4. The van der Waals surface area contributed by atoms with Gasteiger partial charge in [0.1, 0.15) is 5.76 Å². The van der Waals surface area contributed by atoms with E-state index in [1.807, 2.05) is 26.0 Å². The lowest BCUT2D eigenvalue weighted by atomic mass is 10.0. The molecule has 2 atom stereocenters. The molecule has 136 valence electrons. The molecule has 3 rings (SSSR count). The molecule has 1 amide bonds. The molecule has 2 aromatic heterocycles. The zero-order valence-electron chi connectivity index (χ0n) is 15.4. The topological polar surface area (TPSA) is 63.3 Å². The first kappa shape index (κ1) is 17.7. The second kappa shape index (κ2) is 7.87. The maximum atomic E-state index is 12.5. The molecule has 3 heterocycles. The highest BCUT2D eigenvalue weighted by Crippen LogP contribution is 2.19. The Hall–Kier alpha value is -2.08. The summed E-state index contributed by atoms with van der Waals surface area (Å²) in [5.41, 5.74) is 2.23. The van der Waals surface area contributed by atoms with Gasteiger partial charge in [0.25, 0.3) is 0 Å². The van der Waals surface area contributed by atoms with Crippen molar-refractivity contribution in [2.75, 3.05) is 13.1 Å². The van der Waals surface area contributed by atoms with Crippen molar-refractivity contribution in [3.8, 4) is 0 Å². The molecular formula is C19H28N4O2. The van der Waals surface area contributed by atoms with Crippen molar-refractivity contribution >= 4 is 5.91 Å². The number of piperidine rings is 1. The molecule has 1 aliphatic rings. The van der Waals surface area contributed by atoms with Gasteiger partial charge >= 0.3 is 0 Å². The van der Waals surface area contributed by atoms with E-state index in [0.717, 1.165) is 37.4 Å². The summed E-state index contributed by atoms with van der Waals surface area (Å²) in [5.74, 6) is 0.829. The first-order valence-electron chi connectivity index (χ1n) is 9.11. The van der Waals surface area contributed by atoms with Crippen molar-refractivity contribution in [3.63, 3.8) is 0 Å². The summed E-state index contributed by atoms with van der Waals surface area (Å²) in [7, 11) is 0. The van der Waals surface area contributed by atoms with Crippen molar-refractivity contribution in [2.45, 2.75) is 58.7 Å². The number of nitrogens with one attached hydrogen (secondary N) is 1. The standard InChI is InChI=1S/C19H28N4O2/c1-14-11-15(2)23(21-14)12-17-7-4-5-9-22(17)13-19(24)20-16(3)18-8-6-10-25-18/h6,8,10-11,16-17H,4-5,7,9,12-13H2,1-3H3,(H,20,24). The van der Waals surface area contributed by atoms with Gasteiger partial charge in [-0.15, -0.1) is 0 Å². The molecule has 0 bridgehead atoms. The number of hydrogen-bond acceptors (Lipinski definition) is 4. The van der Waals surface area contributed by atoms with E-state index < -0.39 is 0 Å². The fourth-order valence-corrected chi connectivity index (χ4v) is 3.61. The van der Waals surface area contributed by atoms with Crippen LogP contribution in [0.5, 0.6) is 0 Å². The van der Waals surface area contributed by atoms with E-state index in [-0.39, 0.29) is 11.9 Å². The van der Waals surface area contributed by atoms with Crippen LogP contribution in [0.2, 0.25) is 0 Å². The van der Waals surface area contributed by atoms with E-state index >= 15 is 0 Å². The lowest BCUT2D eigenvalue weighted by Crippen LogP contribution is -2.47. The molecule has 0 aliphatic carbocycles. The summed E-state index contributed by atoms with van der Waals surface area (Å²) < 4.78 is 7.43. The Kier molecular flexibility index (Phi) is 5.58. The van der Waals surface area contributed by atoms with Gasteiger partial charge < -0.3 is 9.73 Å². The number of furan rings is 1. The lowest BCUT2D eigenvalue weighted by molar-refractivity contribution is -0.124. The normalized spacial score (nSPS) is 19.7. The first-order valence-corrected chi connectivity index (χ1v) is 9.11. The third-order valence-corrected chi connectivity index (χ3v) is 4.93. The fourth-order valence-electron chi connectivity index (χ4n) is 3.61. The number of likely N-dealkylation sites (tertiary alicyclic amines) is 1. The SMILES string of the molecule is Cc1cc(C)n(CC2CCCCN2CC(=O)NC(C)c2ccco2)n1. The molecule has 1 fully saturated rings. The quantitative estimate of drug-likeness (QED) is 0.875. The number of aryl methyl sites for hydroxylation is 2. The third kappa shape index (κ3) is 4.51. The van der Waals surface area contributed by atoms with Crippen LogP contribution in [-0.4, -0.2) is 39.7 Å². The molecule has 0 spiro atoms. The Morgan fingerprint density at radius 2 is 2.28 bits per heavy atom. The molecule has 2 aromatic rings. The average molecular weight is 344 g/mol. The van der Waals surface area contributed by atoms with Crippen LogP contribution in [0, 0.1) is 13.8 Å². The van der Waals surface area contributed by atoms with E-state index in [0.29, 0.717) is 12.6 Å². The molecule has 6 heteroatoms. The molecule has 0 radical (unpaired) electrons. The van der Waals surface area contributed by atoms with Gasteiger partial charge in [0.05, 0.1) is 31.1 Å². The zero-order chi connectivity index (χ0) is 17.8. The van der Waals surface area contributed by atoms with Crippen LogP contribution in [0.4, 0.5) is 0 Å². The van der Waals surface area contributed by atoms with Gasteiger partial charge in [0, 0.05) is 11.7 Å².